The van der Waals surface area contributed by atoms with Gasteiger partial charge in [0.2, 0.25) is 11.8 Å². The standard InChI is InChI=1S/C51H93N3O6/c1-3-5-7-9-11-13-15-17-19-21-23-25-27-29-31-36-40-54(46(56)39-35-30-28-26-24-22-20-18-16-14-12-10-8-6-4-2)51-47(49(58)48(57)45(42-55)60-51)53-50(59)44(52)41-43-37-33-32-34-38-43/h32-34,37-38,44-45,47-49,51,55,57-58H,3-31,35-36,39-42,52H2,1-2H3,(H,53,59)/t44-,45+,47+,48+,49+,51+/m0/s1. The number of hydrogen-bond donors (Lipinski definition) is 5. The summed E-state index contributed by atoms with van der Waals surface area (Å²) < 4.78 is 6.21. The smallest absolute Gasteiger partial charge is 0.237 e. The minimum absolute atomic E-state index is 0.0937. The van der Waals surface area contributed by atoms with Crippen molar-refractivity contribution in [3.63, 3.8) is 0 Å². The second kappa shape index (κ2) is 36.4. The SMILES string of the molecule is CCCCCCCCCCCCCCCCCCN(C(=O)CCCCCCCCCCCCCCCCC)[C@@H]1O[C@H](CO)[C@@H](O)[C@H](O)[C@H]1NC(=O)[C@@H](N)Cc1ccccc1. The van der Waals surface area contributed by atoms with Crippen molar-refractivity contribution in [2.45, 2.75) is 262 Å². The maximum atomic E-state index is 14.1. The number of benzene rings is 1. The number of aliphatic hydroxyl groups excluding tert-OH is 3. The number of carbonyl (C=O) groups is 2. The molecule has 0 bridgehead atoms. The molecular weight excluding hydrogens is 751 g/mol. The molecule has 9 nitrogen and oxygen atoms in total. The number of rotatable bonds is 39. The highest BCUT2D eigenvalue weighted by Gasteiger charge is 2.48. The molecule has 1 aliphatic heterocycles. The Morgan fingerprint density at radius 3 is 1.43 bits per heavy atom. The first-order valence-corrected chi connectivity index (χ1v) is 25.4. The molecule has 1 fully saturated rings. The third kappa shape index (κ3) is 24.6. The molecule has 2 amide bonds. The monoisotopic (exact) mass is 844 g/mol. The maximum Gasteiger partial charge on any atom is 0.237 e. The summed E-state index contributed by atoms with van der Waals surface area (Å²) in [5.41, 5.74) is 7.24. The summed E-state index contributed by atoms with van der Waals surface area (Å²) in [6.45, 7) is 4.42. The van der Waals surface area contributed by atoms with E-state index in [2.05, 4.69) is 19.2 Å². The topological polar surface area (TPSA) is 145 Å². The van der Waals surface area contributed by atoms with Crippen LogP contribution in [0, 0.1) is 0 Å². The predicted octanol–water partition coefficient (Wildman–Crippen LogP) is 10.8. The third-order valence-electron chi connectivity index (χ3n) is 12.7. The van der Waals surface area contributed by atoms with Crippen LogP contribution in [-0.4, -0.2) is 81.8 Å². The molecule has 6 atom stereocenters. The van der Waals surface area contributed by atoms with Gasteiger partial charge in [0, 0.05) is 13.0 Å². The lowest BCUT2D eigenvalue weighted by Gasteiger charge is -2.47. The summed E-state index contributed by atoms with van der Waals surface area (Å²) in [5.74, 6) is -0.591. The molecule has 2 rings (SSSR count). The van der Waals surface area contributed by atoms with Gasteiger partial charge in [0.05, 0.1) is 12.6 Å². The van der Waals surface area contributed by atoms with Crippen molar-refractivity contribution in [2.75, 3.05) is 13.2 Å². The Kier molecular flexibility index (Phi) is 32.9. The zero-order valence-corrected chi connectivity index (χ0v) is 38.7. The van der Waals surface area contributed by atoms with E-state index in [9.17, 15) is 24.9 Å². The number of nitrogens with one attached hydrogen (secondary N) is 1. The zero-order chi connectivity index (χ0) is 43.5. The molecule has 0 unspecified atom stereocenters. The summed E-state index contributed by atoms with van der Waals surface area (Å²) in [7, 11) is 0. The van der Waals surface area contributed by atoms with Crippen LogP contribution >= 0.6 is 0 Å². The van der Waals surface area contributed by atoms with E-state index < -0.39 is 49.1 Å². The molecule has 6 N–H and O–H groups in total. The summed E-state index contributed by atoms with van der Waals surface area (Å²) in [6, 6.07) is 7.48. The average molecular weight is 844 g/mol. The Morgan fingerprint density at radius 1 is 0.617 bits per heavy atom. The molecule has 1 heterocycles. The minimum atomic E-state index is -1.46. The van der Waals surface area contributed by atoms with Gasteiger partial charge in [-0.1, -0.05) is 230 Å². The van der Waals surface area contributed by atoms with Gasteiger partial charge in [-0.05, 0) is 24.8 Å². The first-order chi connectivity index (χ1) is 29.3. The van der Waals surface area contributed by atoms with Gasteiger partial charge >= 0.3 is 0 Å². The van der Waals surface area contributed by atoms with Crippen LogP contribution in [0.3, 0.4) is 0 Å². The highest BCUT2D eigenvalue weighted by Crippen LogP contribution is 2.26. The number of carbonyl (C=O) groups excluding carboxylic acids is 2. The van der Waals surface area contributed by atoms with Gasteiger partial charge in [-0.3, -0.25) is 9.59 Å². The highest BCUT2D eigenvalue weighted by molar-refractivity contribution is 5.82. The number of hydrogen-bond acceptors (Lipinski definition) is 7. The molecule has 1 aromatic rings. The van der Waals surface area contributed by atoms with E-state index in [1.54, 1.807) is 4.90 Å². The summed E-state index contributed by atoms with van der Waals surface area (Å²) in [6.07, 6.45) is 34.4. The Morgan fingerprint density at radius 2 is 1.02 bits per heavy atom. The van der Waals surface area contributed by atoms with Crippen molar-refractivity contribution in [3.05, 3.63) is 35.9 Å². The fourth-order valence-electron chi connectivity index (χ4n) is 8.77. The lowest BCUT2D eigenvalue weighted by atomic mass is 9.94. The van der Waals surface area contributed by atoms with Gasteiger partial charge in [0.25, 0.3) is 0 Å². The molecule has 60 heavy (non-hydrogen) atoms. The zero-order valence-electron chi connectivity index (χ0n) is 38.7. The van der Waals surface area contributed by atoms with E-state index in [1.807, 2.05) is 30.3 Å². The Labute approximate surface area is 367 Å². The molecule has 0 saturated carbocycles. The van der Waals surface area contributed by atoms with Crippen LogP contribution in [0.2, 0.25) is 0 Å². The third-order valence-corrected chi connectivity index (χ3v) is 12.7. The highest BCUT2D eigenvalue weighted by atomic mass is 16.5. The number of unbranched alkanes of at least 4 members (excludes halogenated alkanes) is 29. The lowest BCUT2D eigenvalue weighted by molar-refractivity contribution is -0.231. The van der Waals surface area contributed by atoms with E-state index in [1.165, 1.54) is 161 Å². The fourth-order valence-corrected chi connectivity index (χ4v) is 8.77. The van der Waals surface area contributed by atoms with E-state index >= 15 is 0 Å². The van der Waals surface area contributed by atoms with Crippen LogP contribution in [0.4, 0.5) is 0 Å². The van der Waals surface area contributed by atoms with Crippen LogP contribution in [0.1, 0.15) is 225 Å². The first kappa shape index (κ1) is 54.1. The molecule has 0 aromatic heterocycles. The van der Waals surface area contributed by atoms with Gasteiger partial charge < -0.3 is 36.0 Å². The van der Waals surface area contributed by atoms with Crippen LogP contribution < -0.4 is 11.1 Å². The Bertz CT molecular complexity index is 1160. The molecule has 0 aliphatic carbocycles. The number of nitrogens with two attached hydrogens (primary N) is 1. The summed E-state index contributed by atoms with van der Waals surface area (Å²) in [4.78, 5) is 29.2. The van der Waals surface area contributed by atoms with E-state index in [-0.39, 0.29) is 5.91 Å². The second-order valence-corrected chi connectivity index (χ2v) is 18.1. The average Bonchev–Trinajstić information content (AvgIpc) is 3.25. The number of aliphatic hydroxyl groups is 3. The van der Waals surface area contributed by atoms with Crippen molar-refractivity contribution in [1.82, 2.24) is 10.2 Å². The lowest BCUT2D eigenvalue weighted by Crippen LogP contribution is -2.69. The molecule has 1 aromatic carbocycles. The Balaban J connectivity index is 1.89. The van der Waals surface area contributed by atoms with Gasteiger partial charge in [-0.15, -0.1) is 0 Å². The minimum Gasteiger partial charge on any atom is -0.394 e. The van der Waals surface area contributed by atoms with Crippen molar-refractivity contribution in [1.29, 1.82) is 0 Å². The summed E-state index contributed by atoms with van der Waals surface area (Å²) in [5, 5.41) is 35.2. The van der Waals surface area contributed by atoms with Gasteiger partial charge in [0.15, 0.2) is 6.23 Å². The quantitative estimate of drug-likeness (QED) is 0.0415. The van der Waals surface area contributed by atoms with Gasteiger partial charge in [-0.2, -0.15) is 0 Å². The van der Waals surface area contributed by atoms with Gasteiger partial charge in [-0.25, -0.2) is 0 Å². The molecular formula is C51H93N3O6. The number of ether oxygens (including phenoxy) is 1. The van der Waals surface area contributed by atoms with Crippen molar-refractivity contribution < 1.29 is 29.6 Å². The molecule has 9 heteroatoms. The number of nitrogens with zero attached hydrogens (tertiary/aromatic N) is 1. The van der Waals surface area contributed by atoms with Crippen LogP contribution in [0.25, 0.3) is 0 Å². The molecule has 0 radical (unpaired) electrons. The molecule has 0 spiro atoms. The van der Waals surface area contributed by atoms with E-state index in [4.69, 9.17) is 10.5 Å². The van der Waals surface area contributed by atoms with E-state index in [0.29, 0.717) is 19.4 Å². The van der Waals surface area contributed by atoms with Crippen LogP contribution in [0.5, 0.6) is 0 Å². The van der Waals surface area contributed by atoms with E-state index in [0.717, 1.165) is 44.1 Å². The van der Waals surface area contributed by atoms with Crippen molar-refractivity contribution >= 4 is 11.8 Å². The molecule has 1 saturated heterocycles. The first-order valence-electron chi connectivity index (χ1n) is 25.4. The maximum absolute atomic E-state index is 14.1. The number of amides is 2. The fraction of sp³-hybridized carbons (Fsp3) is 0.843. The predicted molar refractivity (Wildman–Crippen MR) is 249 cm³/mol. The molecule has 1 aliphatic rings. The summed E-state index contributed by atoms with van der Waals surface area (Å²) >= 11 is 0. The van der Waals surface area contributed by atoms with Crippen molar-refractivity contribution in [2.24, 2.45) is 5.73 Å². The van der Waals surface area contributed by atoms with Crippen LogP contribution in [-0.2, 0) is 20.7 Å². The van der Waals surface area contributed by atoms with Crippen LogP contribution in [0.15, 0.2) is 30.3 Å². The van der Waals surface area contributed by atoms with Gasteiger partial charge in [0.1, 0.15) is 24.4 Å². The largest absolute Gasteiger partial charge is 0.394 e. The Hall–Kier alpha value is -2.04. The molecule has 348 valence electrons. The normalized spacial score (nSPS) is 19.7. The second-order valence-electron chi connectivity index (χ2n) is 18.1. The van der Waals surface area contributed by atoms with Crippen molar-refractivity contribution in [3.8, 4) is 0 Å².